The lowest BCUT2D eigenvalue weighted by molar-refractivity contribution is -0.123. The van der Waals surface area contributed by atoms with Gasteiger partial charge in [-0.05, 0) is 74.2 Å². The van der Waals surface area contributed by atoms with Gasteiger partial charge in [0.1, 0.15) is 34.9 Å². The van der Waals surface area contributed by atoms with E-state index in [1.165, 1.54) is 19.2 Å². The molecule has 9 heteroatoms. The van der Waals surface area contributed by atoms with E-state index in [0.29, 0.717) is 34.0 Å². The Labute approximate surface area is 224 Å². The first-order chi connectivity index (χ1) is 18.5. The number of carbonyl (C=O) groups excluding carboxylic acids is 2. The summed E-state index contributed by atoms with van der Waals surface area (Å²) >= 11 is 0. The molecule has 0 fully saturated rings. The number of fused-ring (bicyclic) bond motifs is 2. The quantitative estimate of drug-likeness (QED) is 0.323. The van der Waals surface area contributed by atoms with E-state index in [9.17, 15) is 19.1 Å². The Morgan fingerprint density at radius 2 is 1.92 bits per heavy atom. The molecule has 0 bridgehead atoms. The third-order valence-electron chi connectivity index (χ3n) is 7.37. The monoisotopic (exact) mass is 529 g/mol. The van der Waals surface area contributed by atoms with Crippen LogP contribution in [-0.4, -0.2) is 40.5 Å². The number of halogens is 1. The summed E-state index contributed by atoms with van der Waals surface area (Å²) in [5.41, 5.74) is 5.19. The highest BCUT2D eigenvalue weighted by atomic mass is 19.1. The number of Topliss-reactive ketones (excluding diaryl/α,β-unsaturated/α-hetero) is 1. The van der Waals surface area contributed by atoms with E-state index in [2.05, 4.69) is 9.97 Å². The van der Waals surface area contributed by atoms with Crippen molar-refractivity contribution in [2.45, 2.75) is 37.7 Å². The van der Waals surface area contributed by atoms with Crippen LogP contribution in [0.15, 0.2) is 60.8 Å². The number of rotatable bonds is 8. The molecule has 1 amide bonds. The van der Waals surface area contributed by atoms with Gasteiger partial charge < -0.3 is 20.3 Å². The smallest absolute Gasteiger partial charge is 0.231 e. The largest absolute Gasteiger partial charge is 0.489 e. The van der Waals surface area contributed by atoms with Crippen LogP contribution in [0.1, 0.15) is 48.3 Å². The van der Waals surface area contributed by atoms with E-state index in [1.54, 1.807) is 62.5 Å². The van der Waals surface area contributed by atoms with Gasteiger partial charge in [0, 0.05) is 34.7 Å². The number of ketones is 1. The Balaban J connectivity index is 1.47. The summed E-state index contributed by atoms with van der Waals surface area (Å²) < 4.78 is 24.8. The highest BCUT2D eigenvalue weighted by molar-refractivity contribution is 6.00. The molecule has 2 atom stereocenters. The molecule has 0 radical (unpaired) electrons. The van der Waals surface area contributed by atoms with Crippen molar-refractivity contribution in [3.05, 3.63) is 83.4 Å². The van der Waals surface area contributed by atoms with Gasteiger partial charge >= 0.3 is 0 Å². The molecule has 0 aliphatic carbocycles. The van der Waals surface area contributed by atoms with Crippen LogP contribution in [0.5, 0.6) is 11.6 Å². The van der Waals surface area contributed by atoms with Crippen molar-refractivity contribution in [1.29, 1.82) is 0 Å². The normalized spacial score (nSPS) is 17.8. The Kier molecular flexibility index (Phi) is 6.56. The van der Waals surface area contributed by atoms with Gasteiger partial charge in [-0.3, -0.25) is 9.59 Å². The first-order valence-electron chi connectivity index (χ1n) is 12.5. The van der Waals surface area contributed by atoms with Crippen molar-refractivity contribution in [3.63, 3.8) is 0 Å². The Hall–Kier alpha value is -4.37. The zero-order valence-corrected chi connectivity index (χ0v) is 21.8. The number of methoxy groups -OCH3 is 1. The zero-order chi connectivity index (χ0) is 27.9. The first kappa shape index (κ1) is 26.2. The number of benzene rings is 2. The SMILES string of the molecule is COc1nccc2cc(C(=O)CC[C@](C)(O)c3cc4c(c(-c5ccc(F)cc5)n3)OC[C@]4(C)C(N)=O)ccc12. The van der Waals surface area contributed by atoms with Gasteiger partial charge in [0.05, 0.1) is 12.8 Å². The van der Waals surface area contributed by atoms with Crippen LogP contribution in [0.4, 0.5) is 4.39 Å². The van der Waals surface area contributed by atoms with Gasteiger partial charge in [-0.25, -0.2) is 14.4 Å². The van der Waals surface area contributed by atoms with Crippen LogP contribution in [0.25, 0.3) is 22.0 Å². The number of aliphatic hydroxyl groups is 1. The lowest BCUT2D eigenvalue weighted by Gasteiger charge is -2.26. The van der Waals surface area contributed by atoms with Crippen molar-refractivity contribution < 1.29 is 28.6 Å². The van der Waals surface area contributed by atoms with E-state index in [0.717, 1.165) is 10.8 Å². The number of ether oxygens (including phenoxy) is 2. The van der Waals surface area contributed by atoms with Gasteiger partial charge in [0.15, 0.2) is 5.78 Å². The van der Waals surface area contributed by atoms with Crippen LogP contribution in [-0.2, 0) is 15.8 Å². The molecule has 0 saturated carbocycles. The van der Waals surface area contributed by atoms with Crippen molar-refractivity contribution in [2.24, 2.45) is 5.73 Å². The molecular weight excluding hydrogens is 501 g/mol. The second-order valence-electron chi connectivity index (χ2n) is 10.2. The number of nitrogens with two attached hydrogens (primary N) is 1. The molecule has 3 N–H and O–H groups in total. The summed E-state index contributed by atoms with van der Waals surface area (Å²) in [5, 5.41) is 13.1. The molecule has 2 aromatic heterocycles. The van der Waals surface area contributed by atoms with E-state index < -0.39 is 22.7 Å². The summed E-state index contributed by atoms with van der Waals surface area (Å²) in [6.07, 6.45) is 1.71. The van der Waals surface area contributed by atoms with E-state index in [4.69, 9.17) is 15.2 Å². The maximum Gasteiger partial charge on any atom is 0.231 e. The predicted octanol–water partition coefficient (Wildman–Crippen LogP) is 4.45. The third-order valence-corrected chi connectivity index (χ3v) is 7.37. The second-order valence-corrected chi connectivity index (χ2v) is 10.2. The number of hydrogen-bond acceptors (Lipinski definition) is 7. The molecule has 0 unspecified atom stereocenters. The second kappa shape index (κ2) is 9.74. The average molecular weight is 530 g/mol. The number of amides is 1. The summed E-state index contributed by atoms with van der Waals surface area (Å²) in [5.74, 6) is -0.316. The lowest BCUT2D eigenvalue weighted by Crippen LogP contribution is -2.40. The zero-order valence-electron chi connectivity index (χ0n) is 21.8. The van der Waals surface area contributed by atoms with Crippen LogP contribution < -0.4 is 15.2 Å². The van der Waals surface area contributed by atoms with Gasteiger partial charge in [-0.1, -0.05) is 6.07 Å². The fourth-order valence-electron chi connectivity index (χ4n) is 4.78. The summed E-state index contributed by atoms with van der Waals surface area (Å²) in [7, 11) is 1.54. The van der Waals surface area contributed by atoms with Crippen LogP contribution >= 0.6 is 0 Å². The van der Waals surface area contributed by atoms with Crippen molar-refractivity contribution in [1.82, 2.24) is 9.97 Å². The topological polar surface area (TPSA) is 125 Å². The number of aromatic nitrogens is 2. The molecule has 0 saturated heterocycles. The van der Waals surface area contributed by atoms with Crippen LogP contribution in [0, 0.1) is 5.82 Å². The van der Waals surface area contributed by atoms with Crippen LogP contribution in [0.3, 0.4) is 0 Å². The number of nitrogens with zero attached hydrogens (tertiary/aromatic N) is 2. The van der Waals surface area contributed by atoms with Gasteiger partial charge in [-0.15, -0.1) is 0 Å². The fourth-order valence-corrected chi connectivity index (χ4v) is 4.78. The Morgan fingerprint density at radius 3 is 2.62 bits per heavy atom. The third kappa shape index (κ3) is 4.70. The molecule has 1 aliphatic rings. The molecule has 0 spiro atoms. The summed E-state index contributed by atoms with van der Waals surface area (Å²) in [6, 6.07) is 14.4. The van der Waals surface area contributed by atoms with Crippen molar-refractivity contribution in [3.8, 4) is 22.9 Å². The van der Waals surface area contributed by atoms with Crippen molar-refractivity contribution in [2.75, 3.05) is 13.7 Å². The fraction of sp³-hybridized carbons (Fsp3) is 0.267. The number of primary amides is 1. The molecule has 39 heavy (non-hydrogen) atoms. The van der Waals surface area contributed by atoms with Gasteiger partial charge in [0.2, 0.25) is 11.8 Å². The molecule has 200 valence electrons. The minimum absolute atomic E-state index is 0.0138. The molecule has 2 aromatic carbocycles. The standard InChI is InChI=1S/C30H28FN3O5/c1-29(28(32)36)16-39-26-22(29)15-24(34-25(26)17-4-7-20(31)8-5-17)30(2,37)12-10-23(35)19-6-9-21-18(14-19)11-13-33-27(21)38-3/h4-9,11,13-15,37H,10,12,16H2,1-3H3,(H2,32,36)/t29-,30-/m0/s1. The molecule has 3 heterocycles. The number of pyridine rings is 2. The first-order valence-corrected chi connectivity index (χ1v) is 12.5. The number of hydrogen-bond donors (Lipinski definition) is 2. The van der Waals surface area contributed by atoms with E-state index >= 15 is 0 Å². The molecule has 1 aliphatic heterocycles. The molecular formula is C30H28FN3O5. The van der Waals surface area contributed by atoms with Crippen molar-refractivity contribution >= 4 is 22.5 Å². The van der Waals surface area contributed by atoms with Gasteiger partial charge in [-0.2, -0.15) is 0 Å². The maximum absolute atomic E-state index is 13.6. The minimum atomic E-state index is -1.54. The average Bonchev–Trinajstić information content (AvgIpc) is 3.29. The predicted molar refractivity (Wildman–Crippen MR) is 143 cm³/mol. The van der Waals surface area contributed by atoms with E-state index in [-0.39, 0.29) is 30.9 Å². The van der Waals surface area contributed by atoms with Crippen LogP contribution in [0.2, 0.25) is 0 Å². The Bertz CT molecular complexity index is 1600. The molecule has 5 rings (SSSR count). The summed E-state index contributed by atoms with van der Waals surface area (Å²) in [6.45, 7) is 3.25. The molecule has 8 nitrogen and oxygen atoms in total. The highest BCUT2D eigenvalue weighted by Crippen LogP contribution is 2.46. The maximum atomic E-state index is 13.6. The minimum Gasteiger partial charge on any atom is -0.489 e. The molecule has 4 aromatic rings. The summed E-state index contributed by atoms with van der Waals surface area (Å²) in [4.78, 5) is 34.4. The highest BCUT2D eigenvalue weighted by Gasteiger charge is 2.45. The van der Waals surface area contributed by atoms with Gasteiger partial charge in [0.25, 0.3) is 0 Å². The van der Waals surface area contributed by atoms with E-state index in [1.807, 2.05) is 0 Å². The Morgan fingerprint density at radius 1 is 1.18 bits per heavy atom. The number of carbonyl (C=O) groups is 2. The lowest BCUT2D eigenvalue weighted by atomic mass is 9.81.